The number of piperazine rings is 1. The lowest BCUT2D eigenvalue weighted by atomic mass is 10.1. The lowest BCUT2D eigenvalue weighted by Gasteiger charge is -2.36. The van der Waals surface area contributed by atoms with Crippen molar-refractivity contribution in [3.05, 3.63) is 95.6 Å². The zero-order chi connectivity index (χ0) is 23.8. The second-order valence-electron chi connectivity index (χ2n) is 8.39. The normalized spacial score (nSPS) is 14.6. The van der Waals surface area contributed by atoms with E-state index in [4.69, 9.17) is 4.74 Å². The maximum Gasteiger partial charge on any atom is 0.271 e. The number of anilines is 1. The fraction of sp³-hybridized carbons (Fsp3) is 0.286. The van der Waals surface area contributed by atoms with Crippen LogP contribution in [-0.2, 0) is 6.54 Å². The SMILES string of the molecule is CCOc1ccc(/C(C)=N\NC(=O)c2ccc(CN3CCN(c4ccccc4)CC3)cc2)cc1. The molecule has 6 heteroatoms. The van der Waals surface area contributed by atoms with E-state index in [0.717, 1.165) is 49.7 Å². The van der Waals surface area contributed by atoms with Gasteiger partial charge in [0.25, 0.3) is 5.91 Å². The quantitative estimate of drug-likeness (QED) is 0.399. The number of ether oxygens (including phenoxy) is 1. The first-order valence-corrected chi connectivity index (χ1v) is 11.8. The molecule has 176 valence electrons. The van der Waals surface area contributed by atoms with Gasteiger partial charge in [-0.2, -0.15) is 5.10 Å². The number of hydrogen-bond acceptors (Lipinski definition) is 5. The molecule has 3 aromatic rings. The predicted octanol–water partition coefficient (Wildman–Crippen LogP) is 4.56. The lowest BCUT2D eigenvalue weighted by molar-refractivity contribution is 0.0955. The van der Waals surface area contributed by atoms with Gasteiger partial charge in [0.15, 0.2) is 0 Å². The van der Waals surface area contributed by atoms with Crippen molar-refractivity contribution in [2.45, 2.75) is 20.4 Å². The standard InChI is InChI=1S/C28H32N4O2/c1-3-34-27-15-13-24(14-16-27)22(2)29-30-28(33)25-11-9-23(10-12-25)21-31-17-19-32(20-18-31)26-7-5-4-6-8-26/h4-16H,3,17-21H2,1-2H3,(H,30,33)/b29-22-. The molecule has 0 spiro atoms. The maximum absolute atomic E-state index is 12.5. The third kappa shape index (κ3) is 6.23. The summed E-state index contributed by atoms with van der Waals surface area (Å²) in [5.74, 6) is 0.606. The third-order valence-corrected chi connectivity index (χ3v) is 6.02. The largest absolute Gasteiger partial charge is 0.494 e. The monoisotopic (exact) mass is 456 g/mol. The smallest absolute Gasteiger partial charge is 0.271 e. The molecule has 1 heterocycles. The van der Waals surface area contributed by atoms with Crippen LogP contribution < -0.4 is 15.1 Å². The summed E-state index contributed by atoms with van der Waals surface area (Å²) in [6, 6.07) is 26.0. The Bertz CT molecular complexity index is 1090. The predicted molar refractivity (Wildman–Crippen MR) is 138 cm³/mol. The number of rotatable bonds is 8. The number of hydrogen-bond donors (Lipinski definition) is 1. The van der Waals surface area contributed by atoms with Crippen molar-refractivity contribution in [2.75, 3.05) is 37.7 Å². The first-order valence-electron chi connectivity index (χ1n) is 11.8. The lowest BCUT2D eigenvalue weighted by Crippen LogP contribution is -2.45. The number of nitrogens with one attached hydrogen (secondary N) is 1. The van der Waals surface area contributed by atoms with Crippen LogP contribution in [0.15, 0.2) is 84.0 Å². The molecule has 0 unspecified atom stereocenters. The van der Waals surface area contributed by atoms with E-state index in [1.54, 1.807) is 0 Å². The zero-order valence-electron chi connectivity index (χ0n) is 19.9. The van der Waals surface area contributed by atoms with Crippen molar-refractivity contribution in [1.82, 2.24) is 10.3 Å². The fourth-order valence-corrected chi connectivity index (χ4v) is 4.05. The molecule has 0 bridgehead atoms. The highest BCUT2D eigenvalue weighted by atomic mass is 16.5. The van der Waals surface area contributed by atoms with Gasteiger partial charge in [-0.25, -0.2) is 5.43 Å². The number of carbonyl (C=O) groups is 1. The first-order chi connectivity index (χ1) is 16.6. The Labute approximate surface area is 201 Å². The van der Waals surface area contributed by atoms with E-state index < -0.39 is 0 Å². The molecule has 0 atom stereocenters. The van der Waals surface area contributed by atoms with E-state index in [9.17, 15) is 4.79 Å². The molecule has 0 aliphatic carbocycles. The van der Waals surface area contributed by atoms with Crippen molar-refractivity contribution >= 4 is 17.3 Å². The van der Waals surface area contributed by atoms with E-state index in [0.29, 0.717) is 12.2 Å². The van der Waals surface area contributed by atoms with Gasteiger partial charge < -0.3 is 9.64 Å². The maximum atomic E-state index is 12.5. The van der Waals surface area contributed by atoms with Gasteiger partial charge in [0.05, 0.1) is 12.3 Å². The minimum absolute atomic E-state index is 0.215. The van der Waals surface area contributed by atoms with Crippen molar-refractivity contribution in [1.29, 1.82) is 0 Å². The van der Waals surface area contributed by atoms with Crippen LogP contribution in [0.2, 0.25) is 0 Å². The number of nitrogens with zero attached hydrogens (tertiary/aromatic N) is 3. The Morgan fingerprint density at radius 3 is 2.18 bits per heavy atom. The Kier molecular flexibility index (Phi) is 7.94. The van der Waals surface area contributed by atoms with Crippen LogP contribution in [-0.4, -0.2) is 49.3 Å². The molecule has 34 heavy (non-hydrogen) atoms. The number of carbonyl (C=O) groups excluding carboxylic acids is 1. The highest BCUT2D eigenvalue weighted by Gasteiger charge is 2.17. The van der Waals surface area contributed by atoms with E-state index >= 15 is 0 Å². The molecule has 1 aliphatic rings. The molecular weight excluding hydrogens is 424 g/mol. The number of para-hydroxylation sites is 1. The Morgan fingerprint density at radius 2 is 1.53 bits per heavy atom. The van der Waals surface area contributed by atoms with Crippen LogP contribution in [0.3, 0.4) is 0 Å². The average molecular weight is 457 g/mol. The number of benzene rings is 3. The first kappa shape index (κ1) is 23.5. The van der Waals surface area contributed by atoms with Gasteiger partial charge in [-0.3, -0.25) is 9.69 Å². The van der Waals surface area contributed by atoms with Crippen LogP contribution in [0.4, 0.5) is 5.69 Å². The number of hydrazone groups is 1. The van der Waals surface area contributed by atoms with Crippen LogP contribution in [0.25, 0.3) is 0 Å². The summed E-state index contributed by atoms with van der Waals surface area (Å²) in [5, 5.41) is 4.26. The Morgan fingerprint density at radius 1 is 0.882 bits per heavy atom. The second kappa shape index (κ2) is 11.5. The van der Waals surface area contributed by atoms with Gasteiger partial charge in [0.1, 0.15) is 5.75 Å². The van der Waals surface area contributed by atoms with E-state index in [1.165, 1.54) is 11.3 Å². The van der Waals surface area contributed by atoms with Crippen LogP contribution in [0.5, 0.6) is 5.75 Å². The highest BCUT2D eigenvalue weighted by Crippen LogP contribution is 2.17. The fourth-order valence-electron chi connectivity index (χ4n) is 4.05. The summed E-state index contributed by atoms with van der Waals surface area (Å²) in [4.78, 5) is 17.4. The second-order valence-corrected chi connectivity index (χ2v) is 8.39. The summed E-state index contributed by atoms with van der Waals surface area (Å²) < 4.78 is 5.46. The molecule has 3 aromatic carbocycles. The van der Waals surface area contributed by atoms with Crippen LogP contribution >= 0.6 is 0 Å². The van der Waals surface area contributed by atoms with Gasteiger partial charge in [-0.15, -0.1) is 0 Å². The van der Waals surface area contributed by atoms with Gasteiger partial charge >= 0.3 is 0 Å². The van der Waals surface area contributed by atoms with Crippen molar-refractivity contribution < 1.29 is 9.53 Å². The van der Waals surface area contributed by atoms with E-state index in [2.05, 4.69) is 50.7 Å². The molecule has 1 fully saturated rings. The van der Waals surface area contributed by atoms with Crippen LogP contribution in [0.1, 0.15) is 35.3 Å². The van der Waals surface area contributed by atoms with E-state index in [-0.39, 0.29) is 5.91 Å². The Hall–Kier alpha value is -3.64. The van der Waals surface area contributed by atoms with Gasteiger partial charge in [0.2, 0.25) is 0 Å². The molecule has 0 radical (unpaired) electrons. The molecule has 0 aromatic heterocycles. The van der Waals surface area contributed by atoms with Crippen molar-refractivity contribution in [3.63, 3.8) is 0 Å². The molecule has 1 amide bonds. The molecule has 6 nitrogen and oxygen atoms in total. The molecule has 0 saturated carbocycles. The van der Waals surface area contributed by atoms with Crippen LogP contribution in [0, 0.1) is 0 Å². The summed E-state index contributed by atoms with van der Waals surface area (Å²) in [5.41, 5.74) is 7.43. The summed E-state index contributed by atoms with van der Waals surface area (Å²) in [7, 11) is 0. The topological polar surface area (TPSA) is 57.2 Å². The third-order valence-electron chi connectivity index (χ3n) is 6.02. The molecule has 1 saturated heterocycles. The summed E-state index contributed by atoms with van der Waals surface area (Å²) in [6.07, 6.45) is 0. The minimum atomic E-state index is -0.215. The van der Waals surface area contributed by atoms with Crippen molar-refractivity contribution in [3.8, 4) is 5.75 Å². The number of amides is 1. The van der Waals surface area contributed by atoms with Crippen molar-refractivity contribution in [2.24, 2.45) is 5.10 Å². The highest BCUT2D eigenvalue weighted by molar-refractivity contribution is 6.00. The summed E-state index contributed by atoms with van der Waals surface area (Å²) in [6.45, 7) is 9.44. The van der Waals surface area contributed by atoms with E-state index in [1.807, 2.05) is 62.4 Å². The Balaban J connectivity index is 1.27. The minimum Gasteiger partial charge on any atom is -0.494 e. The van der Waals surface area contributed by atoms with Gasteiger partial charge in [-0.05, 0) is 73.5 Å². The van der Waals surface area contributed by atoms with Gasteiger partial charge in [-0.1, -0.05) is 30.3 Å². The average Bonchev–Trinajstić information content (AvgIpc) is 2.89. The molecule has 1 aliphatic heterocycles. The molecule has 4 rings (SSSR count). The molecule has 1 N–H and O–H groups in total. The molecular formula is C28H32N4O2. The summed E-state index contributed by atoms with van der Waals surface area (Å²) >= 11 is 0. The zero-order valence-corrected chi connectivity index (χ0v) is 19.9. The van der Waals surface area contributed by atoms with Gasteiger partial charge in [0, 0.05) is 44.0 Å².